The van der Waals surface area contributed by atoms with E-state index < -0.39 is 11.8 Å². The van der Waals surface area contributed by atoms with Crippen LogP contribution in [0.3, 0.4) is 0 Å². The summed E-state index contributed by atoms with van der Waals surface area (Å²) in [6, 6.07) is 7.35. The molecule has 0 aliphatic rings. The molecule has 0 saturated carbocycles. The second kappa shape index (κ2) is 8.83. The van der Waals surface area contributed by atoms with Crippen molar-refractivity contribution in [1.29, 1.82) is 0 Å². The van der Waals surface area contributed by atoms with Gasteiger partial charge >= 0.3 is 0 Å². The van der Waals surface area contributed by atoms with Crippen LogP contribution in [0.2, 0.25) is 25.1 Å². The molecular weight excluding hydrogens is 431 g/mol. The summed E-state index contributed by atoms with van der Waals surface area (Å²) in [6.07, 6.45) is 0. The van der Waals surface area contributed by atoms with Crippen molar-refractivity contribution in [2.75, 3.05) is 12.0 Å². The highest BCUT2D eigenvalue weighted by atomic mass is 35.5. The molecule has 0 radical (unpaired) electrons. The normalized spacial score (nSPS) is 10.3. The van der Waals surface area contributed by atoms with Gasteiger partial charge < -0.3 is 5.32 Å². The molecule has 132 valence electrons. The topological polar surface area (TPSA) is 70.2 Å². The van der Waals surface area contributed by atoms with Gasteiger partial charge in [-0.2, -0.15) is 0 Å². The fraction of sp³-hybridized carbons (Fsp3) is 0.0667. The Morgan fingerprint density at radius 1 is 0.840 bits per heavy atom. The second-order valence-corrected chi connectivity index (χ2v) is 6.82. The van der Waals surface area contributed by atoms with Gasteiger partial charge in [0, 0.05) is 10.0 Å². The minimum absolute atomic E-state index is 0.184. The Labute approximate surface area is 168 Å². The van der Waals surface area contributed by atoms with Crippen molar-refractivity contribution in [3.8, 4) is 0 Å². The monoisotopic (exact) mass is 439 g/mol. The molecule has 0 aromatic heterocycles. The Bertz CT molecular complexity index is 806. The van der Waals surface area contributed by atoms with Crippen LogP contribution in [0.15, 0.2) is 30.3 Å². The van der Waals surface area contributed by atoms with E-state index >= 15 is 0 Å². The lowest BCUT2D eigenvalue weighted by Gasteiger charge is -2.12. The number of hydrogen-bond donors (Lipinski definition) is 3. The minimum Gasteiger partial charge on any atom is -0.343 e. The van der Waals surface area contributed by atoms with Crippen LogP contribution in [0.1, 0.15) is 10.4 Å². The third kappa shape index (κ3) is 5.56. The summed E-state index contributed by atoms with van der Waals surface area (Å²) >= 11 is 29.5. The Hall–Kier alpha value is -1.37. The average Bonchev–Trinajstić information content (AvgIpc) is 2.51. The number of nitrogens with one attached hydrogen (secondary N) is 3. The molecule has 0 aliphatic carbocycles. The lowest BCUT2D eigenvalue weighted by atomic mass is 10.2. The van der Waals surface area contributed by atoms with E-state index in [0.29, 0.717) is 10.0 Å². The van der Waals surface area contributed by atoms with Crippen LogP contribution in [0.5, 0.6) is 0 Å². The molecule has 3 N–H and O–H groups in total. The fourth-order valence-electron chi connectivity index (χ4n) is 1.77. The number of carbonyl (C=O) groups excluding carboxylic acids is 2. The highest BCUT2D eigenvalue weighted by molar-refractivity contribution is 6.41. The van der Waals surface area contributed by atoms with Crippen LogP contribution in [0, 0.1) is 0 Å². The standard InChI is InChI=1S/C15H10Cl5N3O2/c16-7-1-2-9(10(18)3-7)15(25)21-6-13(24)22-23-14-11(19)4-8(17)5-12(14)20/h1-5,23H,6H2,(H,21,25)(H,22,24). The zero-order valence-electron chi connectivity index (χ0n) is 12.3. The maximum Gasteiger partial charge on any atom is 0.257 e. The molecular formula is C15H10Cl5N3O2. The molecule has 0 fully saturated rings. The van der Waals surface area contributed by atoms with Crippen LogP contribution < -0.4 is 16.2 Å². The van der Waals surface area contributed by atoms with Crippen molar-refractivity contribution in [3.63, 3.8) is 0 Å². The lowest BCUT2D eigenvalue weighted by Crippen LogP contribution is -2.39. The van der Waals surface area contributed by atoms with E-state index in [0.717, 1.165) is 0 Å². The molecule has 0 heterocycles. The van der Waals surface area contributed by atoms with E-state index in [1.165, 1.54) is 30.3 Å². The molecule has 2 aromatic rings. The van der Waals surface area contributed by atoms with Gasteiger partial charge in [-0.15, -0.1) is 0 Å². The number of rotatable bonds is 5. The summed E-state index contributed by atoms with van der Waals surface area (Å²) < 4.78 is 0. The molecule has 2 amide bonds. The predicted octanol–water partition coefficient (Wildman–Crippen LogP) is 4.83. The summed E-state index contributed by atoms with van der Waals surface area (Å²) in [5.41, 5.74) is 5.42. The number of carbonyl (C=O) groups is 2. The number of halogens is 5. The molecule has 0 unspecified atom stereocenters. The highest BCUT2D eigenvalue weighted by Crippen LogP contribution is 2.33. The number of benzene rings is 2. The molecule has 25 heavy (non-hydrogen) atoms. The molecule has 2 rings (SSSR count). The van der Waals surface area contributed by atoms with Crippen LogP contribution >= 0.6 is 58.0 Å². The summed E-state index contributed by atoms with van der Waals surface area (Å²) in [5, 5.41) is 3.84. The van der Waals surface area contributed by atoms with Crippen molar-refractivity contribution >= 4 is 75.5 Å². The molecule has 0 saturated heterocycles. The number of amides is 2. The van der Waals surface area contributed by atoms with Crippen molar-refractivity contribution < 1.29 is 9.59 Å². The molecule has 2 aromatic carbocycles. The Kier molecular flexibility index (Phi) is 7.04. The van der Waals surface area contributed by atoms with Crippen molar-refractivity contribution in [2.24, 2.45) is 0 Å². The molecule has 0 spiro atoms. The van der Waals surface area contributed by atoms with E-state index in [-0.39, 0.29) is 32.9 Å². The maximum atomic E-state index is 12.0. The number of hydrazine groups is 1. The number of anilines is 1. The Balaban J connectivity index is 1.90. The van der Waals surface area contributed by atoms with Gasteiger partial charge in [0.15, 0.2) is 0 Å². The quantitative estimate of drug-likeness (QED) is 0.583. The smallest absolute Gasteiger partial charge is 0.257 e. The largest absolute Gasteiger partial charge is 0.343 e. The minimum atomic E-state index is -0.527. The Morgan fingerprint density at radius 3 is 2.04 bits per heavy atom. The first-order chi connectivity index (χ1) is 11.8. The first-order valence-corrected chi connectivity index (χ1v) is 8.59. The van der Waals surface area contributed by atoms with Crippen LogP contribution in [0.4, 0.5) is 5.69 Å². The third-order valence-electron chi connectivity index (χ3n) is 2.92. The van der Waals surface area contributed by atoms with Gasteiger partial charge in [0.05, 0.1) is 32.9 Å². The predicted molar refractivity (Wildman–Crippen MR) is 102 cm³/mol. The molecule has 0 bridgehead atoms. The zero-order chi connectivity index (χ0) is 18.6. The van der Waals surface area contributed by atoms with Gasteiger partial charge in [-0.05, 0) is 30.3 Å². The SMILES string of the molecule is O=C(CNC(=O)c1ccc(Cl)cc1Cl)NNc1c(Cl)cc(Cl)cc1Cl. The second-order valence-electron chi connectivity index (χ2n) is 4.72. The molecule has 0 atom stereocenters. The fourth-order valence-corrected chi connectivity index (χ4v) is 3.17. The Morgan fingerprint density at radius 2 is 1.44 bits per heavy atom. The maximum absolute atomic E-state index is 12.0. The lowest BCUT2D eigenvalue weighted by molar-refractivity contribution is -0.119. The van der Waals surface area contributed by atoms with E-state index in [1.54, 1.807) is 0 Å². The van der Waals surface area contributed by atoms with Gasteiger partial charge in [-0.25, -0.2) is 0 Å². The van der Waals surface area contributed by atoms with Gasteiger partial charge in [-0.1, -0.05) is 58.0 Å². The van der Waals surface area contributed by atoms with E-state index in [4.69, 9.17) is 58.0 Å². The van der Waals surface area contributed by atoms with Crippen LogP contribution in [0.25, 0.3) is 0 Å². The third-order valence-corrected chi connectivity index (χ3v) is 4.28. The first-order valence-electron chi connectivity index (χ1n) is 6.70. The molecule has 0 aliphatic heterocycles. The van der Waals surface area contributed by atoms with Gasteiger partial charge in [-0.3, -0.25) is 20.4 Å². The van der Waals surface area contributed by atoms with E-state index in [9.17, 15) is 9.59 Å². The molecule has 5 nitrogen and oxygen atoms in total. The van der Waals surface area contributed by atoms with Crippen LogP contribution in [-0.2, 0) is 4.79 Å². The van der Waals surface area contributed by atoms with Gasteiger partial charge in [0.1, 0.15) is 0 Å². The van der Waals surface area contributed by atoms with Crippen molar-refractivity contribution in [2.45, 2.75) is 0 Å². The van der Waals surface area contributed by atoms with E-state index in [1.807, 2.05) is 0 Å². The van der Waals surface area contributed by atoms with Crippen molar-refractivity contribution in [1.82, 2.24) is 10.7 Å². The number of hydrogen-bond acceptors (Lipinski definition) is 3. The summed E-state index contributed by atoms with van der Waals surface area (Å²) in [7, 11) is 0. The van der Waals surface area contributed by atoms with Gasteiger partial charge in [0.25, 0.3) is 11.8 Å². The highest BCUT2D eigenvalue weighted by Gasteiger charge is 2.13. The van der Waals surface area contributed by atoms with E-state index in [2.05, 4.69) is 16.2 Å². The van der Waals surface area contributed by atoms with Crippen LogP contribution in [-0.4, -0.2) is 18.4 Å². The molecule has 10 heteroatoms. The average molecular weight is 442 g/mol. The van der Waals surface area contributed by atoms with Gasteiger partial charge in [0.2, 0.25) is 0 Å². The summed E-state index contributed by atoms with van der Waals surface area (Å²) in [6.45, 7) is -0.298. The first kappa shape index (κ1) is 19.9. The summed E-state index contributed by atoms with van der Waals surface area (Å²) in [5.74, 6) is -1.04. The zero-order valence-corrected chi connectivity index (χ0v) is 16.1. The summed E-state index contributed by atoms with van der Waals surface area (Å²) in [4.78, 5) is 23.8. The van der Waals surface area contributed by atoms with Crippen molar-refractivity contribution in [3.05, 3.63) is 61.0 Å².